The molecule has 0 aromatic carbocycles. The largest absolute Gasteiger partial charge is 0.395 e. The quantitative estimate of drug-likeness (QED) is 0.621. The Hall–Kier alpha value is -1.56. The van der Waals surface area contributed by atoms with Crippen LogP contribution in [0.5, 0.6) is 0 Å². The minimum atomic E-state index is -0.190. The molecular formula is C10H17N3O3. The zero-order chi connectivity index (χ0) is 12.1. The zero-order valence-electron chi connectivity index (χ0n) is 9.54. The van der Waals surface area contributed by atoms with Crippen molar-refractivity contribution in [3.63, 3.8) is 0 Å². The van der Waals surface area contributed by atoms with E-state index < -0.39 is 0 Å². The number of aryl methyl sites for hydroxylation is 1. The number of aliphatic hydroxyl groups excluding tert-OH is 1. The summed E-state index contributed by atoms with van der Waals surface area (Å²) in [4.78, 5) is 25.4. The van der Waals surface area contributed by atoms with Crippen molar-refractivity contribution in [3.05, 3.63) is 21.9 Å². The molecule has 0 bridgehead atoms. The third-order valence-corrected chi connectivity index (χ3v) is 2.48. The normalized spacial score (nSPS) is 10.4. The lowest BCUT2D eigenvalue weighted by Gasteiger charge is -2.05. The fourth-order valence-electron chi connectivity index (χ4n) is 1.44. The molecular weight excluding hydrogens is 210 g/mol. The molecule has 0 radical (unpaired) electrons. The summed E-state index contributed by atoms with van der Waals surface area (Å²) in [6, 6.07) is 0. The van der Waals surface area contributed by atoms with Crippen molar-refractivity contribution in [1.29, 1.82) is 0 Å². The Labute approximate surface area is 93.3 Å². The number of carbonyl (C=O) groups is 1. The molecule has 0 aliphatic heterocycles. The van der Waals surface area contributed by atoms with E-state index in [1.165, 1.54) is 4.57 Å². The molecule has 1 aromatic heterocycles. The van der Waals surface area contributed by atoms with Crippen molar-refractivity contribution < 1.29 is 9.90 Å². The number of aromatic nitrogens is 2. The van der Waals surface area contributed by atoms with E-state index in [0.717, 1.165) is 11.4 Å². The summed E-state index contributed by atoms with van der Waals surface area (Å²) < 4.78 is 1.54. The van der Waals surface area contributed by atoms with E-state index in [4.69, 9.17) is 5.11 Å². The van der Waals surface area contributed by atoms with Gasteiger partial charge in [-0.25, -0.2) is 4.79 Å². The van der Waals surface area contributed by atoms with Crippen LogP contribution in [-0.4, -0.2) is 33.7 Å². The minimum Gasteiger partial charge on any atom is -0.395 e. The molecule has 6 heteroatoms. The summed E-state index contributed by atoms with van der Waals surface area (Å²) in [5.41, 5.74) is 1.48. The Balaban J connectivity index is 2.55. The average Bonchev–Trinajstić information content (AvgIpc) is 2.48. The van der Waals surface area contributed by atoms with Crippen LogP contribution in [0.1, 0.15) is 17.8 Å². The van der Waals surface area contributed by atoms with E-state index in [0.29, 0.717) is 6.54 Å². The van der Waals surface area contributed by atoms with Crippen molar-refractivity contribution in [2.75, 3.05) is 13.2 Å². The zero-order valence-corrected chi connectivity index (χ0v) is 9.54. The van der Waals surface area contributed by atoms with Gasteiger partial charge in [0.2, 0.25) is 5.91 Å². The molecule has 90 valence electrons. The monoisotopic (exact) mass is 227 g/mol. The first kappa shape index (κ1) is 12.5. The van der Waals surface area contributed by atoms with Gasteiger partial charge in [0.1, 0.15) is 0 Å². The van der Waals surface area contributed by atoms with Crippen LogP contribution in [0.3, 0.4) is 0 Å². The second-order valence-electron chi connectivity index (χ2n) is 3.62. The molecule has 0 atom stereocenters. The van der Waals surface area contributed by atoms with E-state index in [1.54, 1.807) is 0 Å². The van der Waals surface area contributed by atoms with Gasteiger partial charge in [0, 0.05) is 30.9 Å². The molecule has 1 heterocycles. The Kier molecular flexibility index (Phi) is 4.30. The molecule has 0 saturated carbocycles. The Bertz CT molecular complexity index is 419. The molecule has 0 unspecified atom stereocenters. The van der Waals surface area contributed by atoms with Gasteiger partial charge < -0.3 is 15.4 Å². The topological polar surface area (TPSA) is 87.1 Å². The van der Waals surface area contributed by atoms with Gasteiger partial charge in [-0.15, -0.1) is 0 Å². The number of nitrogens with one attached hydrogen (secondary N) is 2. The highest BCUT2D eigenvalue weighted by Crippen LogP contribution is 2.00. The highest BCUT2D eigenvalue weighted by atomic mass is 16.3. The number of nitrogens with zero attached hydrogens (tertiary/aromatic N) is 1. The van der Waals surface area contributed by atoms with Crippen LogP contribution >= 0.6 is 0 Å². The lowest BCUT2D eigenvalue weighted by atomic mass is 10.3. The summed E-state index contributed by atoms with van der Waals surface area (Å²) in [5, 5.41) is 11.1. The average molecular weight is 227 g/mol. The van der Waals surface area contributed by atoms with Crippen LogP contribution in [0.4, 0.5) is 0 Å². The number of H-pyrrole nitrogens is 1. The fourth-order valence-corrected chi connectivity index (χ4v) is 1.44. The van der Waals surface area contributed by atoms with Crippen LogP contribution in [-0.2, 0) is 11.3 Å². The summed E-state index contributed by atoms with van der Waals surface area (Å²) >= 11 is 0. The predicted octanol–water partition coefficient (Wildman–Crippen LogP) is -0.708. The van der Waals surface area contributed by atoms with E-state index in [1.807, 2.05) is 13.8 Å². The van der Waals surface area contributed by atoms with E-state index in [2.05, 4.69) is 10.3 Å². The van der Waals surface area contributed by atoms with Crippen LogP contribution in [0.15, 0.2) is 4.79 Å². The molecule has 0 saturated heterocycles. The molecule has 0 spiro atoms. The number of aromatic amines is 1. The van der Waals surface area contributed by atoms with Crippen LogP contribution in [0.25, 0.3) is 0 Å². The standard InChI is InChI=1S/C10H17N3O3/c1-7-8(2)13(10(16)12-7)5-3-9(15)11-4-6-14/h14H,3-6H2,1-2H3,(H,11,15)(H,12,16). The summed E-state index contributed by atoms with van der Waals surface area (Å²) in [7, 11) is 0. The van der Waals surface area contributed by atoms with Crippen LogP contribution < -0.4 is 11.0 Å². The van der Waals surface area contributed by atoms with E-state index in [9.17, 15) is 9.59 Å². The molecule has 0 fully saturated rings. The van der Waals surface area contributed by atoms with Crippen molar-refractivity contribution >= 4 is 5.91 Å². The third-order valence-electron chi connectivity index (χ3n) is 2.48. The van der Waals surface area contributed by atoms with Gasteiger partial charge in [-0.2, -0.15) is 0 Å². The van der Waals surface area contributed by atoms with Crippen molar-refractivity contribution in [2.24, 2.45) is 0 Å². The van der Waals surface area contributed by atoms with Crippen LogP contribution in [0.2, 0.25) is 0 Å². The van der Waals surface area contributed by atoms with Crippen LogP contribution in [0, 0.1) is 13.8 Å². The number of carbonyl (C=O) groups excluding carboxylic acids is 1. The highest BCUT2D eigenvalue weighted by molar-refractivity contribution is 5.75. The van der Waals surface area contributed by atoms with Crippen molar-refractivity contribution in [3.8, 4) is 0 Å². The highest BCUT2D eigenvalue weighted by Gasteiger charge is 2.08. The first-order valence-corrected chi connectivity index (χ1v) is 5.20. The van der Waals surface area contributed by atoms with Gasteiger partial charge >= 0.3 is 5.69 Å². The van der Waals surface area contributed by atoms with Gasteiger partial charge in [0.15, 0.2) is 0 Å². The van der Waals surface area contributed by atoms with Gasteiger partial charge in [0.05, 0.1) is 6.61 Å². The molecule has 0 aliphatic carbocycles. The smallest absolute Gasteiger partial charge is 0.325 e. The van der Waals surface area contributed by atoms with Gasteiger partial charge in [0.25, 0.3) is 0 Å². The van der Waals surface area contributed by atoms with Crippen molar-refractivity contribution in [2.45, 2.75) is 26.8 Å². The lowest BCUT2D eigenvalue weighted by molar-refractivity contribution is -0.121. The summed E-state index contributed by atoms with van der Waals surface area (Å²) in [6.45, 7) is 4.18. The molecule has 0 aliphatic rings. The Morgan fingerprint density at radius 1 is 1.50 bits per heavy atom. The summed E-state index contributed by atoms with van der Waals surface area (Å²) in [6.07, 6.45) is 0.234. The number of imidazole rings is 1. The van der Waals surface area contributed by atoms with Gasteiger partial charge in [-0.05, 0) is 13.8 Å². The molecule has 16 heavy (non-hydrogen) atoms. The maximum Gasteiger partial charge on any atom is 0.325 e. The predicted molar refractivity (Wildman–Crippen MR) is 59.2 cm³/mol. The number of hydrogen-bond acceptors (Lipinski definition) is 3. The molecule has 3 N–H and O–H groups in total. The van der Waals surface area contributed by atoms with Crippen molar-refractivity contribution in [1.82, 2.24) is 14.9 Å². The number of aliphatic hydroxyl groups is 1. The SMILES string of the molecule is Cc1[nH]c(=O)n(CCC(=O)NCCO)c1C. The third kappa shape index (κ3) is 2.96. The maximum absolute atomic E-state index is 11.4. The maximum atomic E-state index is 11.4. The molecule has 1 amide bonds. The number of hydrogen-bond donors (Lipinski definition) is 3. The van der Waals surface area contributed by atoms with E-state index in [-0.39, 0.29) is 31.2 Å². The second kappa shape index (κ2) is 5.50. The first-order valence-electron chi connectivity index (χ1n) is 5.20. The molecule has 1 aromatic rings. The molecule has 1 rings (SSSR count). The molecule has 6 nitrogen and oxygen atoms in total. The Morgan fingerprint density at radius 2 is 2.19 bits per heavy atom. The van der Waals surface area contributed by atoms with Gasteiger partial charge in [-0.1, -0.05) is 0 Å². The lowest BCUT2D eigenvalue weighted by Crippen LogP contribution is -2.29. The fraction of sp³-hybridized carbons (Fsp3) is 0.600. The first-order chi connectivity index (χ1) is 7.56. The second-order valence-corrected chi connectivity index (χ2v) is 3.62. The van der Waals surface area contributed by atoms with E-state index >= 15 is 0 Å². The number of rotatable bonds is 5. The Morgan fingerprint density at radius 3 is 2.69 bits per heavy atom. The number of amides is 1. The minimum absolute atomic E-state index is 0.0754. The van der Waals surface area contributed by atoms with Gasteiger partial charge in [-0.3, -0.25) is 9.36 Å². The summed E-state index contributed by atoms with van der Waals surface area (Å²) in [5.74, 6) is -0.167.